The van der Waals surface area contributed by atoms with Gasteiger partial charge in [-0.3, -0.25) is 14.3 Å². The van der Waals surface area contributed by atoms with Crippen LogP contribution in [0.5, 0.6) is 0 Å². The van der Waals surface area contributed by atoms with Crippen LogP contribution in [-0.4, -0.2) is 26.8 Å². The van der Waals surface area contributed by atoms with Gasteiger partial charge in [0.1, 0.15) is 0 Å². The van der Waals surface area contributed by atoms with E-state index in [0.29, 0.717) is 12.4 Å². The highest BCUT2D eigenvalue weighted by molar-refractivity contribution is 5.91. The summed E-state index contributed by atoms with van der Waals surface area (Å²) in [5, 5.41) is 15.7. The van der Waals surface area contributed by atoms with Gasteiger partial charge in [0.05, 0.1) is 13.0 Å². The molecule has 2 N–H and O–H groups in total. The Kier molecular flexibility index (Phi) is 5.78. The van der Waals surface area contributed by atoms with E-state index in [9.17, 15) is 9.59 Å². The lowest BCUT2D eigenvalue weighted by atomic mass is 9.90. The van der Waals surface area contributed by atoms with Gasteiger partial charge in [0.2, 0.25) is 5.91 Å². The van der Waals surface area contributed by atoms with Crippen molar-refractivity contribution in [1.82, 2.24) is 9.78 Å². The Morgan fingerprint density at radius 2 is 1.90 bits per heavy atom. The Hall–Kier alpha value is -1.85. The van der Waals surface area contributed by atoms with Crippen molar-refractivity contribution in [3.8, 4) is 0 Å². The summed E-state index contributed by atoms with van der Waals surface area (Å²) < 4.78 is 1.54. The number of aryl methyl sites for hydroxylation is 1. The fourth-order valence-corrected chi connectivity index (χ4v) is 2.71. The Balaban J connectivity index is 1.85. The summed E-state index contributed by atoms with van der Waals surface area (Å²) >= 11 is 0. The summed E-state index contributed by atoms with van der Waals surface area (Å²) in [6.07, 6.45) is 9.56. The maximum Gasteiger partial charge on any atom is 0.305 e. The highest BCUT2D eigenvalue weighted by Crippen LogP contribution is 2.23. The molecule has 0 radical (unpaired) electrons. The summed E-state index contributed by atoms with van der Waals surface area (Å²) in [6.45, 7) is 0.314. The molecule has 0 unspecified atom stereocenters. The number of nitrogens with zero attached hydrogens (tertiary/aromatic N) is 2. The van der Waals surface area contributed by atoms with Crippen LogP contribution < -0.4 is 5.32 Å². The highest BCUT2D eigenvalue weighted by Gasteiger charge is 2.20. The summed E-state index contributed by atoms with van der Waals surface area (Å²) in [4.78, 5) is 22.8. The Morgan fingerprint density at radius 1 is 1.24 bits per heavy atom. The normalized spacial score (nSPS) is 17.0. The molecule has 1 amide bonds. The standard InChI is InChI=1S/C15H23N3O3/c19-14(20)9-11-18-10-8-13(17-18)16-15(21)12-6-4-2-1-3-5-7-12/h8,10,12H,1-7,9,11H2,(H,19,20)(H,16,17,21). The third kappa shape index (κ3) is 5.21. The Bertz CT molecular complexity index is 476. The number of amides is 1. The molecule has 1 fully saturated rings. The number of aliphatic carboxylic acids is 1. The molecule has 116 valence electrons. The fourth-order valence-electron chi connectivity index (χ4n) is 2.71. The second-order valence-electron chi connectivity index (χ2n) is 5.64. The third-order valence-electron chi connectivity index (χ3n) is 3.92. The van der Waals surface area contributed by atoms with Gasteiger partial charge in [0.25, 0.3) is 0 Å². The van der Waals surface area contributed by atoms with Crippen LogP contribution in [0.2, 0.25) is 0 Å². The number of carbonyl (C=O) groups is 2. The number of hydrogen-bond donors (Lipinski definition) is 2. The van der Waals surface area contributed by atoms with Crippen LogP contribution in [0.15, 0.2) is 12.3 Å². The molecular formula is C15H23N3O3. The van der Waals surface area contributed by atoms with Crippen molar-refractivity contribution < 1.29 is 14.7 Å². The van der Waals surface area contributed by atoms with E-state index in [1.807, 2.05) is 0 Å². The first-order valence-corrected chi connectivity index (χ1v) is 7.71. The van der Waals surface area contributed by atoms with E-state index in [-0.39, 0.29) is 18.2 Å². The maximum atomic E-state index is 12.3. The van der Waals surface area contributed by atoms with Crippen LogP contribution in [0, 0.1) is 5.92 Å². The smallest absolute Gasteiger partial charge is 0.305 e. The summed E-state index contributed by atoms with van der Waals surface area (Å²) in [6, 6.07) is 1.71. The first-order chi connectivity index (χ1) is 10.1. The summed E-state index contributed by atoms with van der Waals surface area (Å²) in [5.74, 6) is -0.229. The predicted molar refractivity (Wildman–Crippen MR) is 78.9 cm³/mol. The van der Waals surface area contributed by atoms with Crippen molar-refractivity contribution in [1.29, 1.82) is 0 Å². The maximum absolute atomic E-state index is 12.3. The van der Waals surface area contributed by atoms with E-state index < -0.39 is 5.97 Å². The Labute approximate surface area is 124 Å². The molecule has 1 aliphatic rings. The van der Waals surface area contributed by atoms with E-state index in [2.05, 4.69) is 10.4 Å². The third-order valence-corrected chi connectivity index (χ3v) is 3.92. The molecular weight excluding hydrogens is 270 g/mol. The predicted octanol–water partition coefficient (Wildman–Crippen LogP) is 2.66. The molecule has 1 heterocycles. The van der Waals surface area contributed by atoms with Crippen LogP contribution in [0.3, 0.4) is 0 Å². The molecule has 0 bridgehead atoms. The van der Waals surface area contributed by atoms with Gasteiger partial charge >= 0.3 is 5.97 Å². The van der Waals surface area contributed by atoms with Gasteiger partial charge in [-0.1, -0.05) is 32.1 Å². The number of carboxylic acid groups (broad SMARTS) is 1. The molecule has 6 nitrogen and oxygen atoms in total. The molecule has 0 atom stereocenters. The highest BCUT2D eigenvalue weighted by atomic mass is 16.4. The van der Waals surface area contributed by atoms with Crippen molar-refractivity contribution in [2.24, 2.45) is 5.92 Å². The van der Waals surface area contributed by atoms with Crippen molar-refractivity contribution in [3.05, 3.63) is 12.3 Å². The second kappa shape index (κ2) is 7.81. The number of anilines is 1. The Morgan fingerprint density at radius 3 is 2.57 bits per heavy atom. The van der Waals surface area contributed by atoms with Crippen molar-refractivity contribution >= 4 is 17.7 Å². The second-order valence-corrected chi connectivity index (χ2v) is 5.64. The molecule has 0 spiro atoms. The topological polar surface area (TPSA) is 84.2 Å². The molecule has 21 heavy (non-hydrogen) atoms. The van der Waals surface area contributed by atoms with Gasteiger partial charge in [-0.25, -0.2) is 0 Å². The molecule has 0 aromatic carbocycles. The number of nitrogens with one attached hydrogen (secondary N) is 1. The molecule has 2 rings (SSSR count). The van der Waals surface area contributed by atoms with Gasteiger partial charge < -0.3 is 10.4 Å². The van der Waals surface area contributed by atoms with E-state index in [4.69, 9.17) is 5.11 Å². The monoisotopic (exact) mass is 293 g/mol. The van der Waals surface area contributed by atoms with Crippen LogP contribution in [0.4, 0.5) is 5.82 Å². The van der Waals surface area contributed by atoms with Gasteiger partial charge in [-0.05, 0) is 12.8 Å². The van der Waals surface area contributed by atoms with Crippen LogP contribution >= 0.6 is 0 Å². The molecule has 6 heteroatoms. The van der Waals surface area contributed by atoms with Gasteiger partial charge in [-0.15, -0.1) is 0 Å². The number of carboxylic acids is 1. The van der Waals surface area contributed by atoms with Gasteiger partial charge in [-0.2, -0.15) is 5.10 Å². The minimum Gasteiger partial charge on any atom is -0.481 e. The van der Waals surface area contributed by atoms with E-state index in [0.717, 1.165) is 25.7 Å². The quantitative estimate of drug-likeness (QED) is 0.874. The van der Waals surface area contributed by atoms with Crippen LogP contribution in [0.25, 0.3) is 0 Å². The lowest BCUT2D eigenvalue weighted by molar-refractivity contribution is -0.137. The first-order valence-electron chi connectivity index (χ1n) is 7.71. The number of rotatable bonds is 5. The summed E-state index contributed by atoms with van der Waals surface area (Å²) in [7, 11) is 0. The largest absolute Gasteiger partial charge is 0.481 e. The van der Waals surface area contributed by atoms with Crippen molar-refractivity contribution in [2.75, 3.05) is 5.32 Å². The number of aromatic nitrogens is 2. The minimum atomic E-state index is -0.856. The average Bonchev–Trinajstić information content (AvgIpc) is 2.83. The number of carbonyl (C=O) groups excluding carboxylic acids is 1. The van der Waals surface area contributed by atoms with Crippen molar-refractivity contribution in [3.63, 3.8) is 0 Å². The van der Waals surface area contributed by atoms with Crippen molar-refractivity contribution in [2.45, 2.75) is 57.9 Å². The molecule has 1 aliphatic carbocycles. The zero-order valence-electron chi connectivity index (χ0n) is 12.3. The molecule has 1 saturated carbocycles. The van der Waals surface area contributed by atoms with Gasteiger partial charge in [0, 0.05) is 18.2 Å². The molecule has 1 aromatic rings. The fraction of sp³-hybridized carbons (Fsp3) is 0.667. The SMILES string of the molecule is O=C(O)CCn1ccc(NC(=O)C2CCCCCCC2)n1. The summed E-state index contributed by atoms with van der Waals surface area (Å²) in [5.41, 5.74) is 0. The first kappa shape index (κ1) is 15.5. The lowest BCUT2D eigenvalue weighted by Crippen LogP contribution is -2.24. The van der Waals surface area contributed by atoms with E-state index >= 15 is 0 Å². The van der Waals surface area contributed by atoms with Crippen LogP contribution in [-0.2, 0) is 16.1 Å². The van der Waals surface area contributed by atoms with E-state index in [1.165, 1.54) is 19.3 Å². The minimum absolute atomic E-state index is 0.0255. The molecule has 0 aliphatic heterocycles. The zero-order valence-corrected chi connectivity index (χ0v) is 12.3. The average molecular weight is 293 g/mol. The van der Waals surface area contributed by atoms with Gasteiger partial charge in [0.15, 0.2) is 5.82 Å². The molecule has 0 saturated heterocycles. The lowest BCUT2D eigenvalue weighted by Gasteiger charge is -2.18. The van der Waals surface area contributed by atoms with E-state index in [1.54, 1.807) is 16.9 Å². The molecule has 1 aromatic heterocycles. The number of hydrogen-bond acceptors (Lipinski definition) is 3. The van der Waals surface area contributed by atoms with Crippen LogP contribution in [0.1, 0.15) is 51.4 Å². The zero-order chi connectivity index (χ0) is 15.1.